The lowest BCUT2D eigenvalue weighted by Gasteiger charge is -2.35. The van der Waals surface area contributed by atoms with E-state index in [0.29, 0.717) is 5.56 Å². The fraction of sp³-hybridized carbons (Fsp3) is 0.231. The molecule has 0 spiro atoms. The van der Waals surface area contributed by atoms with Crippen molar-refractivity contribution in [3.8, 4) is 0 Å². The monoisotopic (exact) mass is 245 g/mol. The summed E-state index contributed by atoms with van der Waals surface area (Å²) >= 11 is 0. The molecular formula is C13H11NO4. The van der Waals surface area contributed by atoms with E-state index in [0.717, 1.165) is 10.9 Å². The Morgan fingerprint density at radius 2 is 2.00 bits per heavy atom. The minimum Gasteiger partial charge on any atom is -0.480 e. The van der Waals surface area contributed by atoms with Crippen LogP contribution in [0.15, 0.2) is 30.5 Å². The number of benzene rings is 1. The molecule has 0 saturated carbocycles. The van der Waals surface area contributed by atoms with Crippen molar-refractivity contribution in [2.24, 2.45) is 5.41 Å². The van der Waals surface area contributed by atoms with E-state index in [1.165, 1.54) is 0 Å². The summed E-state index contributed by atoms with van der Waals surface area (Å²) in [6.45, 7) is -0.110. The van der Waals surface area contributed by atoms with Gasteiger partial charge in [-0.15, -0.1) is 0 Å². The van der Waals surface area contributed by atoms with Crippen LogP contribution in [0.5, 0.6) is 0 Å². The Hall–Kier alpha value is -2.14. The molecule has 1 aliphatic heterocycles. The molecule has 0 amide bonds. The highest BCUT2D eigenvalue weighted by Gasteiger charge is 2.53. The van der Waals surface area contributed by atoms with E-state index >= 15 is 0 Å². The van der Waals surface area contributed by atoms with Crippen LogP contribution >= 0.6 is 0 Å². The van der Waals surface area contributed by atoms with E-state index in [-0.39, 0.29) is 13.2 Å². The molecule has 92 valence electrons. The van der Waals surface area contributed by atoms with Crippen molar-refractivity contribution in [3.63, 3.8) is 0 Å². The molecule has 2 aromatic rings. The van der Waals surface area contributed by atoms with Crippen LogP contribution in [0, 0.1) is 5.41 Å². The molecule has 1 aromatic heterocycles. The van der Waals surface area contributed by atoms with Crippen LogP contribution in [0.3, 0.4) is 0 Å². The lowest BCUT2D eigenvalue weighted by atomic mass is 9.78. The number of hydrogen-bond donors (Lipinski definition) is 2. The molecule has 3 rings (SSSR count). The first-order chi connectivity index (χ1) is 8.65. The lowest BCUT2D eigenvalue weighted by Crippen LogP contribution is -2.54. The molecule has 0 aliphatic carbocycles. The second kappa shape index (κ2) is 3.68. The molecular weight excluding hydrogens is 234 g/mol. The maximum Gasteiger partial charge on any atom is 0.322 e. The van der Waals surface area contributed by atoms with Gasteiger partial charge in [0.05, 0.1) is 13.2 Å². The third-order valence-electron chi connectivity index (χ3n) is 3.37. The summed E-state index contributed by atoms with van der Waals surface area (Å²) in [6.07, 6.45) is 1.57. The largest absolute Gasteiger partial charge is 0.480 e. The molecule has 18 heavy (non-hydrogen) atoms. The number of carbonyl (C=O) groups is 2. The van der Waals surface area contributed by atoms with Crippen molar-refractivity contribution in [1.29, 1.82) is 0 Å². The number of carboxylic acids is 1. The summed E-state index contributed by atoms with van der Waals surface area (Å²) in [7, 11) is 0. The van der Waals surface area contributed by atoms with Crippen LogP contribution in [0.4, 0.5) is 0 Å². The average molecular weight is 245 g/mol. The molecule has 1 fully saturated rings. The fourth-order valence-corrected chi connectivity index (χ4v) is 2.18. The highest BCUT2D eigenvalue weighted by molar-refractivity contribution is 6.18. The number of rotatable bonds is 3. The number of carbonyl (C=O) groups excluding carboxylic acids is 1. The van der Waals surface area contributed by atoms with Crippen LogP contribution < -0.4 is 0 Å². The second-order valence-corrected chi connectivity index (χ2v) is 4.46. The number of carboxylic acid groups (broad SMARTS) is 1. The van der Waals surface area contributed by atoms with Gasteiger partial charge in [0.2, 0.25) is 0 Å². The minimum absolute atomic E-state index is 0.0549. The number of aromatic amines is 1. The number of H-pyrrole nitrogens is 1. The third-order valence-corrected chi connectivity index (χ3v) is 3.37. The van der Waals surface area contributed by atoms with Crippen molar-refractivity contribution in [2.45, 2.75) is 0 Å². The van der Waals surface area contributed by atoms with Crippen LogP contribution in [-0.4, -0.2) is 35.1 Å². The van der Waals surface area contributed by atoms with E-state index in [1.807, 2.05) is 18.2 Å². The Kier molecular flexibility index (Phi) is 2.24. The summed E-state index contributed by atoms with van der Waals surface area (Å²) in [5.41, 5.74) is -0.178. The first-order valence-electron chi connectivity index (χ1n) is 5.57. The number of fused-ring (bicyclic) bond motifs is 1. The first kappa shape index (κ1) is 11.0. The molecule has 1 aromatic carbocycles. The van der Waals surface area contributed by atoms with Gasteiger partial charge in [0.15, 0.2) is 11.2 Å². The average Bonchev–Trinajstić information content (AvgIpc) is 2.70. The normalized spacial score (nSPS) is 17.3. The van der Waals surface area contributed by atoms with Crippen molar-refractivity contribution in [3.05, 3.63) is 36.0 Å². The Balaban J connectivity index is 2.10. The van der Waals surface area contributed by atoms with Gasteiger partial charge in [0.1, 0.15) is 0 Å². The number of hydrogen-bond acceptors (Lipinski definition) is 3. The van der Waals surface area contributed by atoms with Gasteiger partial charge in [-0.1, -0.05) is 18.2 Å². The SMILES string of the molecule is O=C(O)C1(C(=O)c2c[nH]c3ccccc23)COC1. The van der Waals surface area contributed by atoms with Crippen LogP contribution in [-0.2, 0) is 9.53 Å². The number of Topliss-reactive ketones (excluding diaryl/α,β-unsaturated/α-hetero) is 1. The van der Waals surface area contributed by atoms with Gasteiger partial charge < -0.3 is 14.8 Å². The van der Waals surface area contributed by atoms with Crippen LogP contribution in [0.2, 0.25) is 0 Å². The Bertz CT molecular complexity index is 639. The molecule has 0 radical (unpaired) electrons. The van der Waals surface area contributed by atoms with Gasteiger partial charge in [-0.25, -0.2) is 0 Å². The predicted molar refractivity (Wildman–Crippen MR) is 63.5 cm³/mol. The highest BCUT2D eigenvalue weighted by atomic mass is 16.5. The Labute approximate surface area is 102 Å². The Morgan fingerprint density at radius 1 is 1.28 bits per heavy atom. The summed E-state index contributed by atoms with van der Waals surface area (Å²) in [4.78, 5) is 26.6. The zero-order chi connectivity index (χ0) is 12.8. The number of para-hydroxylation sites is 1. The highest BCUT2D eigenvalue weighted by Crippen LogP contribution is 2.34. The van der Waals surface area contributed by atoms with Gasteiger partial charge in [-0.05, 0) is 6.07 Å². The molecule has 5 nitrogen and oxygen atoms in total. The lowest BCUT2D eigenvalue weighted by molar-refractivity contribution is -0.168. The smallest absolute Gasteiger partial charge is 0.322 e. The number of aromatic nitrogens is 1. The molecule has 2 N–H and O–H groups in total. The summed E-state index contributed by atoms with van der Waals surface area (Å²) in [6, 6.07) is 7.31. The van der Waals surface area contributed by atoms with Gasteiger partial charge in [-0.2, -0.15) is 0 Å². The van der Waals surface area contributed by atoms with E-state index in [9.17, 15) is 14.7 Å². The molecule has 1 saturated heterocycles. The summed E-state index contributed by atoms with van der Waals surface area (Å²) < 4.78 is 4.92. The third kappa shape index (κ3) is 1.31. The van der Waals surface area contributed by atoms with E-state index in [4.69, 9.17) is 4.74 Å². The first-order valence-corrected chi connectivity index (χ1v) is 5.57. The zero-order valence-electron chi connectivity index (χ0n) is 9.47. The number of nitrogens with one attached hydrogen (secondary N) is 1. The maximum atomic E-state index is 12.4. The predicted octanol–water partition coefficient (Wildman–Crippen LogP) is 1.45. The number of aliphatic carboxylic acids is 1. The standard InChI is InChI=1S/C13H11NO4/c15-11(13(12(16)17)6-18-7-13)9-5-14-10-4-2-1-3-8(9)10/h1-5,14H,6-7H2,(H,16,17). The van der Waals surface area contributed by atoms with Gasteiger partial charge in [0, 0.05) is 22.7 Å². The Morgan fingerprint density at radius 3 is 2.61 bits per heavy atom. The van der Waals surface area contributed by atoms with Crippen molar-refractivity contribution in [1.82, 2.24) is 4.98 Å². The molecule has 1 aliphatic rings. The topological polar surface area (TPSA) is 79.4 Å². The minimum atomic E-state index is -1.41. The van der Waals surface area contributed by atoms with Gasteiger partial charge in [0.25, 0.3) is 0 Å². The quantitative estimate of drug-likeness (QED) is 0.633. The molecule has 0 bridgehead atoms. The zero-order valence-corrected chi connectivity index (χ0v) is 9.47. The van der Waals surface area contributed by atoms with E-state index in [2.05, 4.69) is 4.98 Å². The van der Waals surface area contributed by atoms with Gasteiger partial charge in [-0.3, -0.25) is 9.59 Å². The van der Waals surface area contributed by atoms with Crippen LogP contribution in [0.1, 0.15) is 10.4 Å². The number of ether oxygens (including phenoxy) is 1. The summed E-state index contributed by atoms with van der Waals surface area (Å²) in [5, 5.41) is 9.96. The molecule has 0 unspecified atom stereocenters. The van der Waals surface area contributed by atoms with Crippen molar-refractivity contribution in [2.75, 3.05) is 13.2 Å². The molecule has 5 heteroatoms. The van der Waals surface area contributed by atoms with Crippen molar-refractivity contribution >= 4 is 22.7 Å². The van der Waals surface area contributed by atoms with E-state index in [1.54, 1.807) is 12.3 Å². The second-order valence-electron chi connectivity index (χ2n) is 4.46. The van der Waals surface area contributed by atoms with Crippen molar-refractivity contribution < 1.29 is 19.4 Å². The molecule has 2 heterocycles. The molecule has 0 atom stereocenters. The summed E-state index contributed by atoms with van der Waals surface area (Å²) in [5.74, 6) is -1.51. The fourth-order valence-electron chi connectivity index (χ4n) is 2.18. The maximum absolute atomic E-state index is 12.4. The van der Waals surface area contributed by atoms with Crippen LogP contribution in [0.25, 0.3) is 10.9 Å². The van der Waals surface area contributed by atoms with E-state index < -0.39 is 17.2 Å². The number of ketones is 1. The van der Waals surface area contributed by atoms with Gasteiger partial charge >= 0.3 is 5.97 Å².